The van der Waals surface area contributed by atoms with Crippen molar-refractivity contribution in [2.24, 2.45) is 0 Å². The maximum atomic E-state index is 12.1. The number of rotatable bonds is 4. The molecule has 0 spiro atoms. The molecule has 1 fully saturated rings. The van der Waals surface area contributed by atoms with Crippen LogP contribution in [0.2, 0.25) is 0 Å². The number of hydrogen-bond donors (Lipinski definition) is 0. The van der Waals surface area contributed by atoms with E-state index in [1.54, 1.807) is 24.7 Å². The Kier molecular flexibility index (Phi) is 4.27. The maximum Gasteiger partial charge on any atom is 0.388 e. The molecule has 0 saturated carbocycles. The number of ether oxygens (including phenoxy) is 1. The zero-order valence-electron chi connectivity index (χ0n) is 11.8. The van der Waals surface area contributed by atoms with Crippen LogP contribution in [-0.2, 0) is 0 Å². The number of halogens is 2. The molecule has 3 heterocycles. The largest absolute Gasteiger partial charge is 0.417 e. The van der Waals surface area contributed by atoms with Crippen LogP contribution in [0.4, 0.5) is 20.2 Å². The van der Waals surface area contributed by atoms with Crippen LogP contribution in [-0.4, -0.2) is 47.7 Å². The lowest BCUT2D eigenvalue weighted by atomic mass is 10.2. The molecule has 0 amide bonds. The Labute approximate surface area is 126 Å². The lowest BCUT2D eigenvalue weighted by molar-refractivity contribution is -0.0528. The van der Waals surface area contributed by atoms with Gasteiger partial charge in [0.05, 0.1) is 30.0 Å². The standard InChI is InChI=1S/C14H15F2N5O/c15-14(16)22-13-2-1-11(9-19-13)20-3-5-21(6-4-20)12-7-17-10-18-8-12/h1-2,7-10,14H,3-6H2. The molecule has 3 rings (SSSR count). The highest BCUT2D eigenvalue weighted by Gasteiger charge is 2.18. The molecule has 0 aliphatic carbocycles. The highest BCUT2D eigenvalue weighted by molar-refractivity contribution is 5.49. The number of pyridine rings is 1. The fourth-order valence-electron chi connectivity index (χ4n) is 2.40. The second-order valence-corrected chi connectivity index (χ2v) is 4.80. The van der Waals surface area contributed by atoms with Gasteiger partial charge in [-0.05, 0) is 6.07 Å². The van der Waals surface area contributed by atoms with Crippen molar-refractivity contribution in [3.05, 3.63) is 37.1 Å². The predicted molar refractivity (Wildman–Crippen MR) is 77.3 cm³/mol. The van der Waals surface area contributed by atoms with E-state index in [9.17, 15) is 8.78 Å². The third-order valence-electron chi connectivity index (χ3n) is 3.49. The minimum absolute atomic E-state index is 0.0705. The van der Waals surface area contributed by atoms with Crippen molar-refractivity contribution >= 4 is 11.4 Å². The van der Waals surface area contributed by atoms with Crippen LogP contribution in [0.15, 0.2) is 37.1 Å². The summed E-state index contributed by atoms with van der Waals surface area (Å²) in [5, 5.41) is 0. The quantitative estimate of drug-likeness (QED) is 0.858. The fraction of sp³-hybridized carbons (Fsp3) is 0.357. The molecule has 0 unspecified atom stereocenters. The van der Waals surface area contributed by atoms with Gasteiger partial charge in [0.1, 0.15) is 6.33 Å². The molecule has 1 aliphatic rings. The Hall–Kier alpha value is -2.51. The topological polar surface area (TPSA) is 54.4 Å². The van der Waals surface area contributed by atoms with Crippen LogP contribution in [0.5, 0.6) is 5.88 Å². The van der Waals surface area contributed by atoms with Gasteiger partial charge >= 0.3 is 6.61 Å². The second kappa shape index (κ2) is 6.50. The van der Waals surface area contributed by atoms with Crippen LogP contribution in [0.3, 0.4) is 0 Å². The van der Waals surface area contributed by atoms with Crippen molar-refractivity contribution in [3.63, 3.8) is 0 Å². The van der Waals surface area contributed by atoms with Crippen LogP contribution in [0.25, 0.3) is 0 Å². The van der Waals surface area contributed by atoms with Crippen molar-refractivity contribution in [2.75, 3.05) is 36.0 Å². The molecule has 1 aliphatic heterocycles. The number of piperazine rings is 1. The molecular weight excluding hydrogens is 292 g/mol. The first-order valence-corrected chi connectivity index (χ1v) is 6.88. The van der Waals surface area contributed by atoms with Crippen LogP contribution >= 0.6 is 0 Å². The Bertz CT molecular complexity index is 588. The van der Waals surface area contributed by atoms with Gasteiger partial charge < -0.3 is 14.5 Å². The van der Waals surface area contributed by atoms with Gasteiger partial charge in [0.25, 0.3) is 0 Å². The summed E-state index contributed by atoms with van der Waals surface area (Å²) in [4.78, 5) is 16.3. The first-order chi connectivity index (χ1) is 10.7. The summed E-state index contributed by atoms with van der Waals surface area (Å²) in [6, 6.07) is 3.20. The van der Waals surface area contributed by atoms with Gasteiger partial charge in [-0.3, -0.25) is 0 Å². The lowest BCUT2D eigenvalue weighted by Gasteiger charge is -2.36. The maximum absolute atomic E-state index is 12.1. The minimum atomic E-state index is -2.85. The molecule has 0 radical (unpaired) electrons. The molecule has 2 aromatic heterocycles. The van der Waals surface area contributed by atoms with Crippen molar-refractivity contribution < 1.29 is 13.5 Å². The number of hydrogen-bond acceptors (Lipinski definition) is 6. The van der Waals surface area contributed by atoms with Gasteiger partial charge in [0.15, 0.2) is 0 Å². The Morgan fingerprint density at radius 3 is 2.09 bits per heavy atom. The van der Waals surface area contributed by atoms with E-state index < -0.39 is 6.61 Å². The van der Waals surface area contributed by atoms with Crippen molar-refractivity contribution in [2.45, 2.75) is 6.61 Å². The molecule has 0 atom stereocenters. The van der Waals surface area contributed by atoms with Crippen molar-refractivity contribution in [1.29, 1.82) is 0 Å². The molecule has 0 N–H and O–H groups in total. The van der Waals surface area contributed by atoms with Gasteiger partial charge in [-0.2, -0.15) is 8.78 Å². The summed E-state index contributed by atoms with van der Waals surface area (Å²) in [6.07, 6.45) is 6.65. The van der Waals surface area contributed by atoms with Crippen LogP contribution in [0.1, 0.15) is 0 Å². The zero-order chi connectivity index (χ0) is 15.4. The first kappa shape index (κ1) is 14.4. The fourth-order valence-corrected chi connectivity index (χ4v) is 2.40. The number of nitrogens with zero attached hydrogens (tertiary/aromatic N) is 5. The lowest BCUT2D eigenvalue weighted by Crippen LogP contribution is -2.46. The van der Waals surface area contributed by atoms with Crippen molar-refractivity contribution in [3.8, 4) is 5.88 Å². The molecule has 6 nitrogen and oxygen atoms in total. The molecule has 2 aromatic rings. The Morgan fingerprint density at radius 1 is 0.909 bits per heavy atom. The average Bonchev–Trinajstić information content (AvgIpc) is 2.56. The van der Waals surface area contributed by atoms with Crippen LogP contribution < -0.4 is 14.5 Å². The first-order valence-electron chi connectivity index (χ1n) is 6.88. The predicted octanol–water partition coefficient (Wildman–Crippen LogP) is 1.80. The number of aromatic nitrogens is 3. The highest BCUT2D eigenvalue weighted by Crippen LogP contribution is 2.21. The summed E-state index contributed by atoms with van der Waals surface area (Å²) < 4.78 is 28.4. The van der Waals surface area contributed by atoms with E-state index in [1.807, 2.05) is 0 Å². The van der Waals surface area contributed by atoms with E-state index in [0.29, 0.717) is 0 Å². The molecule has 22 heavy (non-hydrogen) atoms. The molecule has 1 saturated heterocycles. The summed E-state index contributed by atoms with van der Waals surface area (Å²) in [6.45, 7) is 0.442. The Balaban J connectivity index is 1.59. The summed E-state index contributed by atoms with van der Waals surface area (Å²) in [5.74, 6) is -0.0705. The van der Waals surface area contributed by atoms with E-state index in [-0.39, 0.29) is 5.88 Å². The summed E-state index contributed by atoms with van der Waals surface area (Å²) in [7, 11) is 0. The summed E-state index contributed by atoms with van der Waals surface area (Å²) >= 11 is 0. The van der Waals surface area contributed by atoms with Crippen molar-refractivity contribution in [1.82, 2.24) is 15.0 Å². The third kappa shape index (κ3) is 3.38. The zero-order valence-corrected chi connectivity index (χ0v) is 11.8. The van der Waals surface area contributed by atoms with E-state index in [0.717, 1.165) is 37.6 Å². The van der Waals surface area contributed by atoms with Gasteiger partial charge in [-0.1, -0.05) is 0 Å². The smallest absolute Gasteiger partial charge is 0.388 e. The molecule has 0 bridgehead atoms. The number of anilines is 2. The van der Waals surface area contributed by atoms with Crippen LogP contribution in [0, 0.1) is 0 Å². The van der Waals surface area contributed by atoms with Gasteiger partial charge in [0.2, 0.25) is 5.88 Å². The molecule has 8 heteroatoms. The third-order valence-corrected chi connectivity index (χ3v) is 3.49. The van der Waals surface area contributed by atoms with Gasteiger partial charge in [-0.25, -0.2) is 15.0 Å². The van der Waals surface area contributed by atoms with E-state index in [4.69, 9.17) is 0 Å². The van der Waals surface area contributed by atoms with Gasteiger partial charge in [0, 0.05) is 32.2 Å². The molecule has 0 aromatic carbocycles. The monoisotopic (exact) mass is 307 g/mol. The van der Waals surface area contributed by atoms with E-state index >= 15 is 0 Å². The van der Waals surface area contributed by atoms with E-state index in [2.05, 4.69) is 29.5 Å². The molecule has 116 valence electrons. The Morgan fingerprint density at radius 2 is 1.55 bits per heavy atom. The summed E-state index contributed by atoms with van der Waals surface area (Å²) in [5.41, 5.74) is 1.89. The highest BCUT2D eigenvalue weighted by atomic mass is 19.3. The SMILES string of the molecule is FC(F)Oc1ccc(N2CCN(c3cncnc3)CC2)cn1. The normalized spacial score (nSPS) is 15.2. The van der Waals surface area contributed by atoms with Gasteiger partial charge in [-0.15, -0.1) is 0 Å². The number of alkyl halides is 2. The average molecular weight is 307 g/mol. The van der Waals surface area contributed by atoms with E-state index in [1.165, 1.54) is 12.4 Å². The minimum Gasteiger partial charge on any atom is -0.417 e. The molecular formula is C14H15F2N5O. The second-order valence-electron chi connectivity index (χ2n) is 4.80.